The summed E-state index contributed by atoms with van der Waals surface area (Å²) in [7, 11) is 3.38. The van der Waals surface area contributed by atoms with Crippen molar-refractivity contribution in [1.82, 2.24) is 10.3 Å². The number of carbonyl (C=O) groups excluding carboxylic acids is 1. The molecule has 0 aliphatic heterocycles. The highest BCUT2D eigenvalue weighted by Crippen LogP contribution is 2.37. The smallest absolute Gasteiger partial charge is 0.256 e. The lowest BCUT2D eigenvalue weighted by Crippen LogP contribution is -2.23. The van der Waals surface area contributed by atoms with Gasteiger partial charge >= 0.3 is 0 Å². The summed E-state index contributed by atoms with van der Waals surface area (Å²) in [6.07, 6.45) is 1.71. The van der Waals surface area contributed by atoms with Crippen molar-refractivity contribution in [2.24, 2.45) is 0 Å². The number of hydrogen-bond acceptors (Lipinski definition) is 6. The molecule has 0 unspecified atom stereocenters. The third kappa shape index (κ3) is 2.95. The van der Waals surface area contributed by atoms with Crippen LogP contribution in [0.2, 0.25) is 0 Å². The standard InChI is InChI=1S/C14H15N5OS/c1-17-13(20)11-12(16)10(7-15)21-14(11)19(2)8-9-5-3-4-6-18-9/h3-6H,8,16H2,1-2H3,(H,17,20). The largest absolute Gasteiger partial charge is 0.396 e. The van der Waals surface area contributed by atoms with Gasteiger partial charge in [0.1, 0.15) is 15.9 Å². The van der Waals surface area contributed by atoms with E-state index >= 15 is 0 Å². The van der Waals surface area contributed by atoms with Gasteiger partial charge in [-0.2, -0.15) is 5.26 Å². The van der Waals surface area contributed by atoms with Crippen LogP contribution in [0.5, 0.6) is 0 Å². The molecule has 0 aliphatic rings. The van der Waals surface area contributed by atoms with E-state index < -0.39 is 0 Å². The van der Waals surface area contributed by atoms with Crippen LogP contribution in [0, 0.1) is 11.3 Å². The Balaban J connectivity index is 2.38. The van der Waals surface area contributed by atoms with Crippen molar-refractivity contribution in [3.05, 3.63) is 40.5 Å². The molecule has 0 spiro atoms. The van der Waals surface area contributed by atoms with Crippen LogP contribution in [0.1, 0.15) is 20.9 Å². The molecule has 2 aromatic rings. The van der Waals surface area contributed by atoms with E-state index in [1.807, 2.05) is 36.2 Å². The lowest BCUT2D eigenvalue weighted by molar-refractivity contribution is 0.0965. The normalized spacial score (nSPS) is 9.95. The zero-order valence-electron chi connectivity index (χ0n) is 11.8. The molecule has 3 N–H and O–H groups in total. The monoisotopic (exact) mass is 301 g/mol. The first-order chi connectivity index (χ1) is 10.1. The number of nitrogens with zero attached hydrogens (tertiary/aromatic N) is 3. The van der Waals surface area contributed by atoms with Crippen LogP contribution in [0.3, 0.4) is 0 Å². The minimum absolute atomic E-state index is 0.227. The zero-order chi connectivity index (χ0) is 15.4. The van der Waals surface area contributed by atoms with Gasteiger partial charge in [0.2, 0.25) is 0 Å². The molecule has 2 heterocycles. The van der Waals surface area contributed by atoms with E-state index in [1.165, 1.54) is 18.4 Å². The van der Waals surface area contributed by atoms with E-state index in [1.54, 1.807) is 6.20 Å². The van der Waals surface area contributed by atoms with E-state index in [9.17, 15) is 4.79 Å². The molecule has 108 valence electrons. The van der Waals surface area contributed by atoms with Crippen molar-refractivity contribution >= 4 is 27.9 Å². The fourth-order valence-corrected chi connectivity index (χ4v) is 2.91. The highest BCUT2D eigenvalue weighted by Gasteiger charge is 2.23. The number of hydrogen-bond donors (Lipinski definition) is 2. The second-order valence-corrected chi connectivity index (χ2v) is 5.39. The van der Waals surface area contributed by atoms with Crippen molar-refractivity contribution in [3.8, 4) is 6.07 Å². The topological polar surface area (TPSA) is 95.0 Å². The Labute approximate surface area is 126 Å². The van der Waals surface area contributed by atoms with Crippen LogP contribution in [0.25, 0.3) is 0 Å². The lowest BCUT2D eigenvalue weighted by atomic mass is 10.2. The number of nitrogen functional groups attached to an aromatic ring is 1. The maximum Gasteiger partial charge on any atom is 0.256 e. The van der Waals surface area contributed by atoms with E-state index in [-0.39, 0.29) is 11.6 Å². The Morgan fingerprint density at radius 3 is 2.90 bits per heavy atom. The van der Waals surface area contributed by atoms with Crippen LogP contribution in [0.4, 0.5) is 10.7 Å². The highest BCUT2D eigenvalue weighted by atomic mass is 32.1. The first-order valence-corrected chi connectivity index (χ1v) is 7.05. The fourth-order valence-electron chi connectivity index (χ4n) is 1.93. The number of nitriles is 1. The molecule has 0 atom stereocenters. The van der Waals surface area contributed by atoms with Gasteiger partial charge in [-0.3, -0.25) is 9.78 Å². The van der Waals surface area contributed by atoms with E-state index in [0.29, 0.717) is 22.0 Å². The summed E-state index contributed by atoms with van der Waals surface area (Å²) in [5.74, 6) is -0.298. The van der Waals surface area contributed by atoms with Crippen molar-refractivity contribution < 1.29 is 4.79 Å². The molecule has 21 heavy (non-hydrogen) atoms. The summed E-state index contributed by atoms with van der Waals surface area (Å²) in [6, 6.07) is 7.67. The van der Waals surface area contributed by atoms with Gasteiger partial charge in [-0.15, -0.1) is 11.3 Å². The predicted octanol–water partition coefficient (Wildman–Crippen LogP) is 1.59. The Morgan fingerprint density at radius 2 is 2.33 bits per heavy atom. The number of anilines is 2. The van der Waals surface area contributed by atoms with E-state index in [2.05, 4.69) is 10.3 Å². The van der Waals surface area contributed by atoms with Crippen molar-refractivity contribution in [3.63, 3.8) is 0 Å². The Kier molecular flexibility index (Phi) is 4.40. The molecule has 6 nitrogen and oxygen atoms in total. The second kappa shape index (κ2) is 6.24. The van der Waals surface area contributed by atoms with Crippen LogP contribution in [0.15, 0.2) is 24.4 Å². The molecule has 7 heteroatoms. The SMILES string of the molecule is CNC(=O)c1c(N(C)Cc2ccccn2)sc(C#N)c1N. The zero-order valence-corrected chi connectivity index (χ0v) is 12.6. The number of pyridine rings is 1. The third-order valence-corrected chi connectivity index (χ3v) is 4.18. The summed E-state index contributed by atoms with van der Waals surface area (Å²) in [5.41, 5.74) is 7.35. The maximum atomic E-state index is 12.0. The van der Waals surface area contributed by atoms with Gasteiger partial charge in [0.25, 0.3) is 5.91 Å². The van der Waals surface area contributed by atoms with Gasteiger partial charge in [0.15, 0.2) is 0 Å². The summed E-state index contributed by atoms with van der Waals surface area (Å²) in [6.45, 7) is 0.523. The molecule has 0 saturated carbocycles. The minimum atomic E-state index is -0.298. The summed E-state index contributed by atoms with van der Waals surface area (Å²) in [5, 5.41) is 12.3. The number of aromatic nitrogens is 1. The average molecular weight is 301 g/mol. The average Bonchev–Trinajstić information content (AvgIpc) is 2.84. The number of carbonyl (C=O) groups is 1. The van der Waals surface area contributed by atoms with Gasteiger partial charge in [0, 0.05) is 20.3 Å². The molecule has 0 aliphatic carbocycles. The van der Waals surface area contributed by atoms with Gasteiger partial charge in [0.05, 0.1) is 23.5 Å². The van der Waals surface area contributed by atoms with E-state index in [0.717, 1.165) is 5.69 Å². The fraction of sp³-hybridized carbons (Fsp3) is 0.214. The van der Waals surface area contributed by atoms with Crippen LogP contribution in [-0.2, 0) is 6.54 Å². The number of rotatable bonds is 4. The van der Waals surface area contributed by atoms with Crippen LogP contribution < -0.4 is 16.0 Å². The minimum Gasteiger partial charge on any atom is -0.396 e. The van der Waals surface area contributed by atoms with Gasteiger partial charge in [-0.1, -0.05) is 6.07 Å². The Bertz CT molecular complexity index is 689. The molecule has 0 bridgehead atoms. The molecule has 0 radical (unpaired) electrons. The molecular formula is C14H15N5OS. The van der Waals surface area contributed by atoms with Gasteiger partial charge < -0.3 is 16.0 Å². The highest BCUT2D eigenvalue weighted by molar-refractivity contribution is 7.17. The number of nitrogens with two attached hydrogens (primary N) is 1. The second-order valence-electron chi connectivity index (χ2n) is 4.39. The number of nitrogens with one attached hydrogen (secondary N) is 1. The molecule has 0 fully saturated rings. The first-order valence-electron chi connectivity index (χ1n) is 6.24. The number of amides is 1. The first kappa shape index (κ1) is 14.8. The van der Waals surface area contributed by atoms with Gasteiger partial charge in [-0.25, -0.2) is 0 Å². The van der Waals surface area contributed by atoms with E-state index in [4.69, 9.17) is 11.0 Å². The van der Waals surface area contributed by atoms with Crippen molar-refractivity contribution in [2.45, 2.75) is 6.54 Å². The van der Waals surface area contributed by atoms with Crippen LogP contribution >= 0.6 is 11.3 Å². The molecule has 2 aromatic heterocycles. The quantitative estimate of drug-likeness (QED) is 0.894. The Hall–Kier alpha value is -2.59. The van der Waals surface area contributed by atoms with Crippen LogP contribution in [-0.4, -0.2) is 25.0 Å². The summed E-state index contributed by atoms with van der Waals surface area (Å²) in [4.78, 5) is 18.5. The number of thiophene rings is 1. The molecule has 0 aromatic carbocycles. The summed E-state index contributed by atoms with van der Waals surface area (Å²) < 4.78 is 0. The molecule has 0 saturated heterocycles. The van der Waals surface area contributed by atoms with Crippen molar-refractivity contribution in [2.75, 3.05) is 24.7 Å². The summed E-state index contributed by atoms with van der Waals surface area (Å²) >= 11 is 1.21. The maximum absolute atomic E-state index is 12.0. The van der Waals surface area contributed by atoms with Crippen molar-refractivity contribution in [1.29, 1.82) is 5.26 Å². The third-order valence-electron chi connectivity index (χ3n) is 2.95. The van der Waals surface area contributed by atoms with Gasteiger partial charge in [-0.05, 0) is 12.1 Å². The molecule has 2 rings (SSSR count). The molecular weight excluding hydrogens is 286 g/mol. The molecule has 1 amide bonds. The Morgan fingerprint density at radius 1 is 1.57 bits per heavy atom. The lowest BCUT2D eigenvalue weighted by Gasteiger charge is -2.18. The predicted molar refractivity (Wildman–Crippen MR) is 83.2 cm³/mol.